The average Bonchev–Trinajstić information content (AvgIpc) is 3.84. The van der Waals surface area contributed by atoms with E-state index in [1.54, 1.807) is 0 Å². The van der Waals surface area contributed by atoms with E-state index < -0.39 is 10.0 Å². The first-order chi connectivity index (χ1) is 33.0. The maximum Gasteiger partial charge on any atom is 0.0547 e. The summed E-state index contributed by atoms with van der Waals surface area (Å²) in [5.41, 5.74) is 17.0. The zero-order valence-corrected chi connectivity index (χ0v) is 38.2. The van der Waals surface area contributed by atoms with Crippen molar-refractivity contribution in [2.24, 2.45) is 0 Å². The number of fused-ring (bicyclic) bond motifs is 8. The van der Waals surface area contributed by atoms with Gasteiger partial charge < -0.3 is 9.47 Å². The third-order valence-corrected chi connectivity index (χ3v) is 16.9. The first-order valence-electron chi connectivity index (χ1n) is 23.1. The lowest BCUT2D eigenvalue weighted by Gasteiger charge is -2.31. The lowest BCUT2D eigenvalue weighted by Crippen LogP contribution is -2.11. The van der Waals surface area contributed by atoms with Gasteiger partial charge in [-0.2, -0.15) is 10.0 Å². The van der Waals surface area contributed by atoms with Crippen LogP contribution in [0.15, 0.2) is 252 Å². The Hall–Kier alpha value is -8.11. The Labute approximate surface area is 393 Å². The summed E-state index contributed by atoms with van der Waals surface area (Å²) in [5.74, 6) is 0. The van der Waals surface area contributed by atoms with Gasteiger partial charge in [-0.25, -0.2) is 0 Å². The number of nitrogens with zero attached hydrogens (tertiary/aromatic N) is 2. The number of hydrogen-bond acceptors (Lipinski definition) is 1. The minimum atomic E-state index is -1.21. The second-order valence-electron chi connectivity index (χ2n) is 18.1. The third-order valence-electron chi connectivity index (χ3n) is 14.0. The van der Waals surface area contributed by atoms with Crippen LogP contribution in [0.5, 0.6) is 0 Å². The molecule has 1 aliphatic heterocycles. The van der Waals surface area contributed by atoms with Gasteiger partial charge in [-0.15, -0.1) is 0 Å². The number of para-hydroxylation sites is 2. The highest BCUT2D eigenvalue weighted by Crippen LogP contribution is 2.68. The van der Waals surface area contributed by atoms with Gasteiger partial charge >= 0.3 is 0 Å². The van der Waals surface area contributed by atoms with E-state index >= 15 is 0 Å². The van der Waals surface area contributed by atoms with Gasteiger partial charge in [-0.1, -0.05) is 182 Å². The summed E-state index contributed by atoms with van der Waals surface area (Å²) in [5, 5.41) is 7.44. The highest BCUT2D eigenvalue weighted by Gasteiger charge is 2.32. The Kier molecular flexibility index (Phi) is 9.09. The van der Waals surface area contributed by atoms with E-state index in [9.17, 15) is 0 Å². The molecule has 1 aromatic heterocycles. The molecule has 318 valence electrons. The normalized spacial score (nSPS) is 13.2. The van der Waals surface area contributed by atoms with Crippen molar-refractivity contribution in [2.75, 3.05) is 17.4 Å². The van der Waals surface area contributed by atoms with Gasteiger partial charge in [0, 0.05) is 43.0 Å². The van der Waals surface area contributed by atoms with Gasteiger partial charge in [0.15, 0.2) is 0 Å². The summed E-state index contributed by atoms with van der Waals surface area (Å²) in [6.07, 6.45) is 4.89. The fourth-order valence-corrected chi connectivity index (χ4v) is 13.4. The molecule has 1 aliphatic rings. The van der Waals surface area contributed by atoms with Crippen molar-refractivity contribution < 1.29 is 0 Å². The summed E-state index contributed by atoms with van der Waals surface area (Å²) >= 11 is 0. The number of hydrogen-bond donors (Lipinski definition) is 0. The Morgan fingerprint density at radius 2 is 0.940 bits per heavy atom. The SMILES string of the molecule is CS1(C)c2ccccc2-c2ccc(N(c3cccc(-c4cccc5cccc(-c6ccc(-c7ccc8c9ccccc9n(-c9ccccc9)c8c7)cc6)c45)c3)c3cccc4ccccc34)cc21. The van der Waals surface area contributed by atoms with Gasteiger partial charge in [0.2, 0.25) is 0 Å². The topological polar surface area (TPSA) is 8.17 Å². The van der Waals surface area contributed by atoms with Crippen molar-refractivity contribution in [3.05, 3.63) is 243 Å². The molecule has 13 rings (SSSR count). The van der Waals surface area contributed by atoms with Crippen molar-refractivity contribution in [2.45, 2.75) is 9.79 Å². The standard InChI is InChI=1S/C64H46N2S/c1-67(2)62-31-11-9-26-57(62)58-39-37-51(42-63(58)67)65(59-30-15-17-44-16-6-7-24-52(44)59)50-23-12-20-48(40-50)54-28-14-19-46-18-13-27-53(64(46)54)45-34-32-43(33-35-45)47-36-38-56-55-25-8-10-29-60(55)66(61(56)41-47)49-21-4-3-5-22-49/h3-42H,1-2H3. The van der Waals surface area contributed by atoms with Gasteiger partial charge in [-0.05, 0) is 134 Å². The van der Waals surface area contributed by atoms with Crippen molar-refractivity contribution in [3.8, 4) is 50.2 Å². The monoisotopic (exact) mass is 874 g/mol. The molecule has 0 bridgehead atoms. The molecule has 2 heterocycles. The smallest absolute Gasteiger partial charge is 0.0547 e. The molecule has 0 amide bonds. The summed E-state index contributed by atoms with van der Waals surface area (Å²) in [7, 11) is -1.21. The first-order valence-corrected chi connectivity index (χ1v) is 25.5. The number of rotatable bonds is 7. The molecule has 0 radical (unpaired) electrons. The molecule has 0 spiro atoms. The average molecular weight is 875 g/mol. The summed E-state index contributed by atoms with van der Waals surface area (Å²) < 4.78 is 2.39. The molecule has 0 saturated carbocycles. The van der Waals surface area contributed by atoms with Crippen LogP contribution in [0, 0.1) is 0 Å². The van der Waals surface area contributed by atoms with E-state index in [2.05, 4.69) is 265 Å². The Morgan fingerprint density at radius 1 is 0.343 bits per heavy atom. The Balaban J connectivity index is 0.919. The van der Waals surface area contributed by atoms with E-state index in [1.807, 2.05) is 0 Å². The zero-order valence-electron chi connectivity index (χ0n) is 37.4. The van der Waals surface area contributed by atoms with Crippen LogP contribution in [0.2, 0.25) is 0 Å². The second kappa shape index (κ2) is 15.5. The number of aromatic nitrogens is 1. The summed E-state index contributed by atoms with van der Waals surface area (Å²) in [6, 6.07) is 89.7. The van der Waals surface area contributed by atoms with E-state index in [1.165, 1.54) is 109 Å². The number of anilines is 3. The van der Waals surface area contributed by atoms with E-state index in [0.717, 1.165) is 11.4 Å². The molecule has 11 aromatic carbocycles. The minimum absolute atomic E-state index is 1.12. The Morgan fingerprint density at radius 3 is 1.79 bits per heavy atom. The summed E-state index contributed by atoms with van der Waals surface area (Å²) in [4.78, 5) is 5.38. The van der Waals surface area contributed by atoms with Crippen molar-refractivity contribution in [3.63, 3.8) is 0 Å². The lowest BCUT2D eigenvalue weighted by molar-refractivity contribution is 1.18. The summed E-state index contributed by atoms with van der Waals surface area (Å²) in [6.45, 7) is 0. The maximum absolute atomic E-state index is 2.48. The van der Waals surface area contributed by atoms with Crippen molar-refractivity contribution in [1.82, 2.24) is 4.57 Å². The van der Waals surface area contributed by atoms with Gasteiger partial charge in [-0.3, -0.25) is 0 Å². The second-order valence-corrected chi connectivity index (χ2v) is 21.6. The van der Waals surface area contributed by atoms with Gasteiger partial charge in [0.25, 0.3) is 0 Å². The molecular weight excluding hydrogens is 829 g/mol. The lowest BCUT2D eigenvalue weighted by atomic mass is 9.90. The maximum atomic E-state index is 2.48. The predicted octanol–water partition coefficient (Wildman–Crippen LogP) is 18.0. The van der Waals surface area contributed by atoms with Crippen LogP contribution in [0.25, 0.3) is 93.5 Å². The highest BCUT2D eigenvalue weighted by atomic mass is 32.3. The van der Waals surface area contributed by atoms with E-state index in [4.69, 9.17) is 0 Å². The van der Waals surface area contributed by atoms with E-state index in [0.29, 0.717) is 0 Å². The fourth-order valence-electron chi connectivity index (χ4n) is 10.9. The molecule has 0 atom stereocenters. The van der Waals surface area contributed by atoms with Crippen LogP contribution < -0.4 is 4.90 Å². The van der Waals surface area contributed by atoms with Gasteiger partial charge in [0.1, 0.15) is 0 Å². The third kappa shape index (κ3) is 6.34. The molecule has 0 N–H and O–H groups in total. The minimum Gasteiger partial charge on any atom is -0.310 e. The van der Waals surface area contributed by atoms with Gasteiger partial charge in [0.05, 0.1) is 16.7 Å². The molecule has 0 unspecified atom stereocenters. The van der Waals surface area contributed by atoms with Crippen LogP contribution in [0.3, 0.4) is 0 Å². The van der Waals surface area contributed by atoms with Crippen LogP contribution in [-0.2, 0) is 0 Å². The predicted molar refractivity (Wildman–Crippen MR) is 288 cm³/mol. The fraction of sp³-hybridized carbons (Fsp3) is 0.0312. The van der Waals surface area contributed by atoms with Crippen molar-refractivity contribution in [1.29, 1.82) is 0 Å². The molecule has 3 heteroatoms. The Bertz CT molecular complexity index is 3890. The molecule has 0 saturated heterocycles. The number of benzene rings is 11. The van der Waals surface area contributed by atoms with Crippen LogP contribution in [0.1, 0.15) is 0 Å². The highest BCUT2D eigenvalue weighted by molar-refractivity contribution is 8.33. The molecule has 0 aliphatic carbocycles. The van der Waals surface area contributed by atoms with Crippen LogP contribution in [-0.4, -0.2) is 17.1 Å². The molecule has 12 aromatic rings. The quantitative estimate of drug-likeness (QED) is 0.155. The van der Waals surface area contributed by atoms with Crippen LogP contribution in [0.4, 0.5) is 17.1 Å². The molecule has 67 heavy (non-hydrogen) atoms. The van der Waals surface area contributed by atoms with E-state index in [-0.39, 0.29) is 0 Å². The molecular formula is C64H46N2S. The molecule has 2 nitrogen and oxygen atoms in total. The zero-order chi connectivity index (χ0) is 44.6. The first kappa shape index (κ1) is 39.3. The largest absolute Gasteiger partial charge is 0.310 e. The van der Waals surface area contributed by atoms with Crippen molar-refractivity contribution >= 4 is 70.4 Å². The van der Waals surface area contributed by atoms with Crippen LogP contribution >= 0.6 is 10.0 Å². The molecule has 0 fully saturated rings.